The summed E-state index contributed by atoms with van der Waals surface area (Å²) >= 11 is 3.78. The molecule has 0 radical (unpaired) electrons. The average molecular weight is 695 g/mol. The van der Waals surface area contributed by atoms with E-state index in [4.69, 9.17) is 9.47 Å². The van der Waals surface area contributed by atoms with E-state index in [0.29, 0.717) is 37.4 Å². The fourth-order valence-electron chi connectivity index (χ4n) is 7.61. The first-order chi connectivity index (χ1) is 22.1. The third-order valence-corrected chi connectivity index (χ3v) is 10.3. The van der Waals surface area contributed by atoms with E-state index >= 15 is 0 Å². The number of rotatable bonds is 14. The van der Waals surface area contributed by atoms with E-state index in [2.05, 4.69) is 29.1 Å². The molecule has 2 aromatic carbocycles. The highest BCUT2D eigenvalue weighted by atomic mass is 79.9. The van der Waals surface area contributed by atoms with Gasteiger partial charge in [-0.05, 0) is 48.6 Å². The highest BCUT2D eigenvalue weighted by Gasteiger charge is 2.77. The van der Waals surface area contributed by atoms with Crippen LogP contribution in [-0.4, -0.2) is 88.0 Å². The Balaban J connectivity index is 1.59. The van der Waals surface area contributed by atoms with Gasteiger partial charge in [-0.3, -0.25) is 14.4 Å². The lowest BCUT2D eigenvalue weighted by atomic mass is 9.70. The number of halogens is 1. The Morgan fingerprint density at radius 2 is 1.78 bits per heavy atom. The van der Waals surface area contributed by atoms with E-state index in [1.54, 1.807) is 58.2 Å². The first-order valence-corrected chi connectivity index (χ1v) is 16.8. The van der Waals surface area contributed by atoms with E-state index in [0.717, 1.165) is 5.56 Å². The summed E-state index contributed by atoms with van der Waals surface area (Å²) in [7, 11) is 1.57. The van der Waals surface area contributed by atoms with Crippen LogP contribution in [0, 0.1) is 17.8 Å². The number of carbonyl (C=O) groups excluding carboxylic acids is 3. The standard InChI is InChI=1S/C36H44BrN3O6/c1-6-17-38(21-24-11-9-8-10-12-24)33(42)29-30-34(43)40(26(22-41)19-23(3)4)32(36(30)20-28(37)31(29)46-36)35(44)39(18-7-2)25-13-15-27(45-5)16-14-25/h6-16,23,26,28-32,41H,1-2,17-22H2,3-5H3/t26-,28?,29-,30+,31-,32?,36?/m1/s1. The van der Waals surface area contributed by atoms with Crippen LogP contribution in [0.5, 0.6) is 5.75 Å². The zero-order chi connectivity index (χ0) is 33.2. The van der Waals surface area contributed by atoms with Gasteiger partial charge in [-0.2, -0.15) is 0 Å². The predicted octanol–water partition coefficient (Wildman–Crippen LogP) is 4.58. The molecule has 0 aliphatic carbocycles. The zero-order valence-electron chi connectivity index (χ0n) is 26.8. The third-order valence-electron chi connectivity index (χ3n) is 9.43. The summed E-state index contributed by atoms with van der Waals surface area (Å²) in [6, 6.07) is 15.1. The van der Waals surface area contributed by atoms with Crippen LogP contribution >= 0.6 is 15.9 Å². The van der Waals surface area contributed by atoms with Crippen LogP contribution in [0.4, 0.5) is 5.69 Å². The number of benzene rings is 2. The molecule has 3 saturated heterocycles. The van der Waals surface area contributed by atoms with Gasteiger partial charge in [0, 0.05) is 30.1 Å². The van der Waals surface area contributed by atoms with Crippen LogP contribution < -0.4 is 9.64 Å². The molecule has 3 aliphatic heterocycles. The number of aliphatic hydroxyl groups is 1. The van der Waals surface area contributed by atoms with E-state index in [1.807, 2.05) is 44.2 Å². The smallest absolute Gasteiger partial charge is 0.253 e. The lowest BCUT2D eigenvalue weighted by Gasteiger charge is -2.40. The molecule has 7 atom stereocenters. The number of nitrogens with zero attached hydrogens (tertiary/aromatic N) is 3. The van der Waals surface area contributed by atoms with Crippen molar-refractivity contribution in [2.75, 3.05) is 31.7 Å². The Hall–Kier alpha value is -3.47. The molecule has 3 fully saturated rings. The second-order valence-corrected chi connectivity index (χ2v) is 14.0. The van der Waals surface area contributed by atoms with Gasteiger partial charge in [0.05, 0.1) is 37.7 Å². The molecule has 46 heavy (non-hydrogen) atoms. The number of likely N-dealkylation sites (tertiary alicyclic amines) is 1. The maximum absolute atomic E-state index is 14.9. The van der Waals surface area contributed by atoms with E-state index in [-0.39, 0.29) is 41.6 Å². The van der Waals surface area contributed by atoms with Crippen LogP contribution in [0.2, 0.25) is 0 Å². The minimum atomic E-state index is -1.27. The Labute approximate surface area is 280 Å². The van der Waals surface area contributed by atoms with Crippen molar-refractivity contribution in [2.45, 2.75) is 61.8 Å². The quantitative estimate of drug-likeness (QED) is 0.230. The summed E-state index contributed by atoms with van der Waals surface area (Å²) in [6.45, 7) is 12.3. The molecular weight excluding hydrogens is 650 g/mol. The number of fused-ring (bicyclic) bond motifs is 1. The fraction of sp³-hybridized carbons (Fsp3) is 0.472. The molecule has 10 heteroatoms. The maximum Gasteiger partial charge on any atom is 0.253 e. The SMILES string of the molecule is C=CCN(Cc1ccccc1)C(=O)[C@H]1[C@@H]2OC3(CC2Br)C(C(=O)N(CC=C)c2ccc(OC)cc2)N([C@@H](CO)CC(C)C)C(=O)[C@H]13. The lowest BCUT2D eigenvalue weighted by molar-refractivity contribution is -0.147. The van der Waals surface area contributed by atoms with Crippen LogP contribution in [0.25, 0.3) is 0 Å². The molecule has 246 valence electrons. The predicted molar refractivity (Wildman–Crippen MR) is 180 cm³/mol. The number of aliphatic hydroxyl groups excluding tert-OH is 1. The zero-order valence-corrected chi connectivity index (χ0v) is 28.3. The minimum Gasteiger partial charge on any atom is -0.497 e. The summed E-state index contributed by atoms with van der Waals surface area (Å²) in [5.74, 6) is -1.82. The molecule has 3 amide bonds. The Morgan fingerprint density at radius 1 is 1.11 bits per heavy atom. The van der Waals surface area contributed by atoms with Crippen molar-refractivity contribution >= 4 is 39.3 Å². The van der Waals surface area contributed by atoms with Gasteiger partial charge >= 0.3 is 0 Å². The lowest BCUT2D eigenvalue weighted by Crippen LogP contribution is -2.59. The fourth-order valence-corrected chi connectivity index (χ4v) is 8.55. The first kappa shape index (κ1) is 33.9. The number of hydrogen-bond donors (Lipinski definition) is 1. The summed E-state index contributed by atoms with van der Waals surface area (Å²) in [5.41, 5.74) is 0.296. The van der Waals surface area contributed by atoms with Gasteiger partial charge in [-0.25, -0.2) is 0 Å². The number of hydrogen-bond acceptors (Lipinski definition) is 6. The van der Waals surface area contributed by atoms with Crippen molar-refractivity contribution in [1.29, 1.82) is 0 Å². The number of carbonyl (C=O) groups is 3. The summed E-state index contributed by atoms with van der Waals surface area (Å²) in [6.07, 6.45) is 3.57. The molecule has 3 heterocycles. The molecule has 0 saturated carbocycles. The molecule has 5 rings (SSSR count). The van der Waals surface area contributed by atoms with Gasteiger partial charge < -0.3 is 29.3 Å². The van der Waals surface area contributed by atoms with Crippen molar-refractivity contribution < 1.29 is 29.0 Å². The second kappa shape index (κ2) is 14.1. The largest absolute Gasteiger partial charge is 0.497 e. The van der Waals surface area contributed by atoms with Gasteiger partial charge in [0.15, 0.2) is 0 Å². The molecule has 9 nitrogen and oxygen atoms in total. The van der Waals surface area contributed by atoms with Gasteiger partial charge in [0.25, 0.3) is 5.91 Å². The Morgan fingerprint density at radius 3 is 2.37 bits per heavy atom. The van der Waals surface area contributed by atoms with Crippen molar-refractivity contribution in [3.63, 3.8) is 0 Å². The van der Waals surface area contributed by atoms with E-state index in [9.17, 15) is 19.5 Å². The molecule has 2 aromatic rings. The van der Waals surface area contributed by atoms with E-state index < -0.39 is 35.6 Å². The van der Waals surface area contributed by atoms with E-state index in [1.165, 1.54) is 0 Å². The highest BCUT2D eigenvalue weighted by Crippen LogP contribution is 2.61. The van der Waals surface area contributed by atoms with Crippen molar-refractivity contribution in [3.8, 4) is 5.75 Å². The number of amides is 3. The van der Waals surface area contributed by atoms with Crippen molar-refractivity contribution in [3.05, 3.63) is 85.5 Å². The highest BCUT2D eigenvalue weighted by molar-refractivity contribution is 9.09. The van der Waals surface area contributed by atoms with Crippen LogP contribution in [-0.2, 0) is 25.7 Å². The van der Waals surface area contributed by atoms with Gasteiger partial charge in [0.2, 0.25) is 11.8 Å². The molecular formula is C36H44BrN3O6. The molecule has 3 unspecified atom stereocenters. The summed E-state index contributed by atoms with van der Waals surface area (Å²) in [4.78, 5) is 48.8. The topological polar surface area (TPSA) is 99.6 Å². The number of alkyl halides is 1. The average Bonchev–Trinajstić information content (AvgIpc) is 3.65. The van der Waals surface area contributed by atoms with Gasteiger partial charge in [-0.1, -0.05) is 72.3 Å². The molecule has 2 bridgehead atoms. The first-order valence-electron chi connectivity index (χ1n) is 15.9. The maximum atomic E-state index is 14.9. The van der Waals surface area contributed by atoms with Crippen LogP contribution in [0.1, 0.15) is 32.3 Å². The molecule has 3 aliphatic rings. The van der Waals surface area contributed by atoms with Crippen molar-refractivity contribution in [1.82, 2.24) is 9.80 Å². The Kier molecular flexibility index (Phi) is 10.4. The van der Waals surface area contributed by atoms with Crippen molar-refractivity contribution in [2.24, 2.45) is 17.8 Å². The van der Waals surface area contributed by atoms with Gasteiger partial charge in [-0.15, -0.1) is 13.2 Å². The summed E-state index contributed by atoms with van der Waals surface area (Å²) < 4.78 is 12.1. The van der Waals surface area contributed by atoms with Gasteiger partial charge in [0.1, 0.15) is 17.4 Å². The number of methoxy groups -OCH3 is 1. The Bertz CT molecular complexity index is 1430. The monoisotopic (exact) mass is 693 g/mol. The minimum absolute atomic E-state index is 0.136. The molecule has 1 N–H and O–H groups in total. The van der Waals surface area contributed by atoms with Crippen LogP contribution in [0.3, 0.4) is 0 Å². The number of ether oxygens (including phenoxy) is 2. The molecule has 1 spiro atoms. The van der Waals surface area contributed by atoms with Crippen LogP contribution in [0.15, 0.2) is 79.9 Å². The molecule has 0 aromatic heterocycles. The normalized spacial score (nSPS) is 27.0. The summed E-state index contributed by atoms with van der Waals surface area (Å²) in [5, 5.41) is 10.7. The second-order valence-electron chi connectivity index (χ2n) is 12.8. The number of anilines is 1. The third kappa shape index (κ3) is 6.02.